The molecule has 1 heterocycles. The van der Waals surface area contributed by atoms with E-state index in [-0.39, 0.29) is 0 Å². The zero-order valence-electron chi connectivity index (χ0n) is 9.43. The Morgan fingerprint density at radius 3 is 2.44 bits per heavy atom. The van der Waals surface area contributed by atoms with Gasteiger partial charge in [-0.25, -0.2) is 4.98 Å². The van der Waals surface area contributed by atoms with E-state index >= 15 is 0 Å². The monoisotopic (exact) mass is 230 g/mol. The van der Waals surface area contributed by atoms with Crippen LogP contribution in [0.5, 0.6) is 0 Å². The molecule has 2 rings (SSSR count). The summed E-state index contributed by atoms with van der Waals surface area (Å²) in [6.07, 6.45) is 0. The molecule has 0 bridgehead atoms. The first-order valence-electron chi connectivity index (χ1n) is 5.02. The molecule has 0 spiro atoms. The maximum Gasteiger partial charge on any atom is 0.147 e. The van der Waals surface area contributed by atoms with Gasteiger partial charge in [-0.3, -0.25) is 0 Å². The summed E-state index contributed by atoms with van der Waals surface area (Å²) in [5.41, 5.74) is 4.48. The van der Waals surface area contributed by atoms with E-state index in [2.05, 4.69) is 11.1 Å². The van der Waals surface area contributed by atoms with Crippen LogP contribution in [0.1, 0.15) is 22.3 Å². The quantitative estimate of drug-likeness (QED) is 0.648. The summed E-state index contributed by atoms with van der Waals surface area (Å²) < 4.78 is 0. The highest BCUT2D eigenvalue weighted by atomic mass is 35.5. The van der Waals surface area contributed by atoms with Crippen LogP contribution in [0.25, 0.3) is 10.9 Å². The first-order valence-corrected chi connectivity index (χ1v) is 5.40. The number of hydrogen-bond donors (Lipinski definition) is 0. The number of hydrogen-bond acceptors (Lipinski definition) is 2. The second-order valence-electron chi connectivity index (χ2n) is 3.94. The Hall–Kier alpha value is -1.59. The number of fused-ring (bicyclic) bond motifs is 1. The van der Waals surface area contributed by atoms with E-state index in [0.29, 0.717) is 10.7 Å². The van der Waals surface area contributed by atoms with Gasteiger partial charge in [0.25, 0.3) is 0 Å². The molecule has 0 aliphatic rings. The molecule has 1 aromatic carbocycles. The van der Waals surface area contributed by atoms with Crippen molar-refractivity contribution >= 4 is 22.5 Å². The highest BCUT2D eigenvalue weighted by Gasteiger charge is 2.12. The van der Waals surface area contributed by atoms with Crippen LogP contribution in [-0.4, -0.2) is 4.98 Å². The summed E-state index contributed by atoms with van der Waals surface area (Å²) in [7, 11) is 0. The number of halogens is 1. The van der Waals surface area contributed by atoms with Gasteiger partial charge in [0.05, 0.1) is 11.1 Å². The van der Waals surface area contributed by atoms with E-state index in [9.17, 15) is 0 Å². The zero-order valence-corrected chi connectivity index (χ0v) is 10.2. The average molecular weight is 231 g/mol. The van der Waals surface area contributed by atoms with Gasteiger partial charge >= 0.3 is 0 Å². The minimum atomic E-state index is 0.293. The lowest BCUT2D eigenvalue weighted by Gasteiger charge is -2.10. The predicted octanol–water partition coefficient (Wildman–Crippen LogP) is 3.69. The van der Waals surface area contributed by atoms with Crippen LogP contribution in [0.4, 0.5) is 0 Å². The number of benzene rings is 1. The minimum absolute atomic E-state index is 0.293. The summed E-state index contributed by atoms with van der Waals surface area (Å²) in [6.45, 7) is 5.93. The first kappa shape index (κ1) is 10.9. The molecule has 80 valence electrons. The Balaban J connectivity index is 3.06. The van der Waals surface area contributed by atoms with Crippen molar-refractivity contribution in [1.82, 2.24) is 4.98 Å². The molecule has 0 saturated carbocycles. The Kier molecular flexibility index (Phi) is 2.57. The van der Waals surface area contributed by atoms with Crippen molar-refractivity contribution in [3.63, 3.8) is 0 Å². The van der Waals surface area contributed by atoms with Gasteiger partial charge in [0, 0.05) is 5.39 Å². The van der Waals surface area contributed by atoms with Crippen molar-refractivity contribution < 1.29 is 0 Å². The van der Waals surface area contributed by atoms with E-state index < -0.39 is 0 Å². The van der Waals surface area contributed by atoms with E-state index in [4.69, 9.17) is 16.9 Å². The molecule has 0 unspecified atom stereocenters. The van der Waals surface area contributed by atoms with Gasteiger partial charge in [-0.15, -0.1) is 0 Å². The normalized spacial score (nSPS) is 10.4. The second-order valence-corrected chi connectivity index (χ2v) is 4.30. The summed E-state index contributed by atoms with van der Waals surface area (Å²) in [4.78, 5) is 4.31. The highest BCUT2D eigenvalue weighted by molar-refractivity contribution is 6.31. The van der Waals surface area contributed by atoms with Crippen molar-refractivity contribution in [2.75, 3.05) is 0 Å². The minimum Gasteiger partial charge on any atom is -0.234 e. The molecule has 2 nitrogen and oxygen atoms in total. The van der Waals surface area contributed by atoms with Crippen molar-refractivity contribution in [1.29, 1.82) is 5.26 Å². The van der Waals surface area contributed by atoms with Gasteiger partial charge in [0.1, 0.15) is 11.2 Å². The number of aryl methyl sites for hydroxylation is 3. The van der Waals surface area contributed by atoms with Gasteiger partial charge in [-0.05, 0) is 37.5 Å². The molecular weight excluding hydrogens is 220 g/mol. The third-order valence-electron chi connectivity index (χ3n) is 2.87. The Morgan fingerprint density at radius 1 is 1.19 bits per heavy atom. The number of aromatic nitrogens is 1. The fourth-order valence-electron chi connectivity index (χ4n) is 1.98. The maximum atomic E-state index is 9.04. The smallest absolute Gasteiger partial charge is 0.147 e. The van der Waals surface area contributed by atoms with Crippen molar-refractivity contribution in [3.8, 4) is 6.07 Å². The van der Waals surface area contributed by atoms with Crippen LogP contribution >= 0.6 is 11.6 Å². The van der Waals surface area contributed by atoms with Crippen LogP contribution < -0.4 is 0 Å². The lowest BCUT2D eigenvalue weighted by atomic mass is 9.99. The first-order chi connectivity index (χ1) is 7.56. The maximum absolute atomic E-state index is 9.04. The van der Waals surface area contributed by atoms with E-state index in [1.807, 2.05) is 32.9 Å². The van der Waals surface area contributed by atoms with Crippen molar-refractivity contribution in [3.05, 3.63) is 39.5 Å². The molecule has 2 aromatic rings. The summed E-state index contributed by atoms with van der Waals surface area (Å²) >= 11 is 6.00. The van der Waals surface area contributed by atoms with E-state index in [1.165, 1.54) is 0 Å². The largest absolute Gasteiger partial charge is 0.234 e. The molecule has 0 saturated heterocycles. The average Bonchev–Trinajstić information content (AvgIpc) is 2.24. The lowest BCUT2D eigenvalue weighted by molar-refractivity contribution is 1.29. The van der Waals surface area contributed by atoms with Gasteiger partial charge in [-0.1, -0.05) is 23.7 Å². The van der Waals surface area contributed by atoms with Crippen LogP contribution in [0, 0.1) is 32.1 Å². The summed E-state index contributed by atoms with van der Waals surface area (Å²) in [5, 5.41) is 10.4. The molecule has 0 fully saturated rings. The molecule has 0 atom stereocenters. The molecule has 0 amide bonds. The standard InChI is InChI=1S/C13H11ClN2/c1-7-4-5-8(2)12-11(7)9(3)10(6-15)13(14)16-12/h4-5H,1-3H3. The third kappa shape index (κ3) is 1.45. The van der Waals surface area contributed by atoms with Crippen molar-refractivity contribution in [2.45, 2.75) is 20.8 Å². The molecule has 16 heavy (non-hydrogen) atoms. The van der Waals surface area contributed by atoms with Gasteiger partial charge < -0.3 is 0 Å². The molecule has 0 aliphatic carbocycles. The highest BCUT2D eigenvalue weighted by Crippen LogP contribution is 2.29. The van der Waals surface area contributed by atoms with E-state index in [1.54, 1.807) is 0 Å². The Labute approximate surface area is 99.5 Å². The predicted molar refractivity (Wildman–Crippen MR) is 65.7 cm³/mol. The Morgan fingerprint density at radius 2 is 1.81 bits per heavy atom. The van der Waals surface area contributed by atoms with Gasteiger partial charge in [0.15, 0.2) is 0 Å². The number of pyridine rings is 1. The SMILES string of the molecule is Cc1ccc(C)c2c(C)c(C#N)c(Cl)nc12. The van der Waals surface area contributed by atoms with Gasteiger partial charge in [0.2, 0.25) is 0 Å². The zero-order chi connectivity index (χ0) is 11.9. The lowest BCUT2D eigenvalue weighted by Crippen LogP contribution is -1.95. The molecule has 3 heteroatoms. The fraction of sp³-hybridized carbons (Fsp3) is 0.231. The number of rotatable bonds is 0. The van der Waals surface area contributed by atoms with Crippen LogP contribution in [0.2, 0.25) is 5.15 Å². The van der Waals surface area contributed by atoms with Crippen LogP contribution in [0.15, 0.2) is 12.1 Å². The van der Waals surface area contributed by atoms with Crippen LogP contribution in [0.3, 0.4) is 0 Å². The van der Waals surface area contributed by atoms with Crippen LogP contribution in [-0.2, 0) is 0 Å². The van der Waals surface area contributed by atoms with Crippen molar-refractivity contribution in [2.24, 2.45) is 0 Å². The summed E-state index contributed by atoms with van der Waals surface area (Å²) in [6, 6.07) is 6.17. The summed E-state index contributed by atoms with van der Waals surface area (Å²) in [5.74, 6) is 0. The number of nitrogens with zero attached hydrogens (tertiary/aromatic N) is 2. The Bertz CT molecular complexity index is 624. The fourth-order valence-corrected chi connectivity index (χ4v) is 2.25. The molecule has 1 aromatic heterocycles. The second kappa shape index (κ2) is 3.77. The van der Waals surface area contributed by atoms with Gasteiger partial charge in [-0.2, -0.15) is 5.26 Å². The third-order valence-corrected chi connectivity index (χ3v) is 3.14. The topological polar surface area (TPSA) is 36.7 Å². The number of nitriles is 1. The molecule has 0 aliphatic heterocycles. The molecular formula is C13H11ClN2. The molecule has 0 radical (unpaired) electrons. The van der Waals surface area contributed by atoms with E-state index in [0.717, 1.165) is 27.6 Å². The molecule has 0 N–H and O–H groups in total.